The van der Waals surface area contributed by atoms with Gasteiger partial charge in [-0.3, -0.25) is 4.79 Å². The fraction of sp³-hybridized carbons (Fsp3) is 0.348. The fourth-order valence-electron chi connectivity index (χ4n) is 4.93. The molecule has 0 saturated heterocycles. The Balaban J connectivity index is 1.54. The number of carbonyl (C=O) groups excluding carboxylic acids is 1. The van der Waals surface area contributed by atoms with E-state index in [4.69, 9.17) is 4.74 Å². The van der Waals surface area contributed by atoms with Crippen LogP contribution >= 0.6 is 0 Å². The zero-order chi connectivity index (χ0) is 22.7. The van der Waals surface area contributed by atoms with Crippen molar-refractivity contribution < 1.29 is 22.7 Å². The number of carbonyl (C=O) groups is 1. The second-order valence-corrected chi connectivity index (χ2v) is 8.38. The van der Waals surface area contributed by atoms with Gasteiger partial charge in [-0.05, 0) is 48.2 Å². The van der Waals surface area contributed by atoms with Gasteiger partial charge < -0.3 is 14.2 Å². The van der Waals surface area contributed by atoms with Gasteiger partial charge in [0.25, 0.3) is 5.91 Å². The number of hydrogen-bond acceptors (Lipinski definition) is 4. The van der Waals surface area contributed by atoms with Crippen molar-refractivity contribution in [2.24, 2.45) is 7.05 Å². The maximum absolute atomic E-state index is 13.5. The first-order valence-electron chi connectivity index (χ1n) is 10.2. The molecule has 3 aromatic rings. The Labute approximate surface area is 182 Å². The van der Waals surface area contributed by atoms with Gasteiger partial charge in [0.2, 0.25) is 0 Å². The second kappa shape index (κ2) is 7.16. The van der Waals surface area contributed by atoms with E-state index in [1.165, 1.54) is 17.0 Å². The van der Waals surface area contributed by atoms with E-state index in [1.54, 1.807) is 19.5 Å². The molecule has 2 heterocycles. The zero-order valence-corrected chi connectivity index (χ0v) is 17.6. The fourth-order valence-corrected chi connectivity index (χ4v) is 4.93. The minimum atomic E-state index is -4.51. The highest BCUT2D eigenvalue weighted by atomic mass is 19.4. The Morgan fingerprint density at radius 3 is 2.56 bits per heavy atom. The molecule has 1 aromatic heterocycles. The summed E-state index contributed by atoms with van der Waals surface area (Å²) in [5, 5.41) is 8.34. The van der Waals surface area contributed by atoms with Gasteiger partial charge in [0.15, 0.2) is 0 Å². The molecule has 1 saturated carbocycles. The summed E-state index contributed by atoms with van der Waals surface area (Å²) in [6.07, 6.45) is -1.40. The molecule has 0 N–H and O–H groups in total. The van der Waals surface area contributed by atoms with Crippen LogP contribution in [0.2, 0.25) is 0 Å². The number of amides is 1. The first kappa shape index (κ1) is 20.7. The number of anilines is 1. The molecule has 2 aliphatic rings. The quantitative estimate of drug-likeness (QED) is 0.611. The number of nitrogens with zero attached hydrogens (tertiary/aromatic N) is 4. The number of methoxy groups -OCH3 is 1. The van der Waals surface area contributed by atoms with E-state index in [9.17, 15) is 18.0 Å². The van der Waals surface area contributed by atoms with E-state index in [0.717, 1.165) is 17.5 Å². The Kier molecular flexibility index (Phi) is 4.63. The van der Waals surface area contributed by atoms with E-state index in [2.05, 4.69) is 10.2 Å². The van der Waals surface area contributed by atoms with Crippen molar-refractivity contribution in [2.75, 3.05) is 12.0 Å². The van der Waals surface area contributed by atoms with Crippen molar-refractivity contribution in [2.45, 2.75) is 37.1 Å². The smallest absolute Gasteiger partial charge is 0.381 e. The lowest BCUT2D eigenvalue weighted by atomic mass is 9.62. The van der Waals surface area contributed by atoms with Gasteiger partial charge in [-0.1, -0.05) is 18.2 Å². The first-order chi connectivity index (χ1) is 15.2. The van der Waals surface area contributed by atoms with Gasteiger partial charge in [0.05, 0.1) is 23.6 Å². The predicted molar refractivity (Wildman–Crippen MR) is 110 cm³/mol. The number of aryl methyl sites for hydroxylation is 1. The highest BCUT2D eigenvalue weighted by Gasteiger charge is 2.50. The number of rotatable bonds is 4. The van der Waals surface area contributed by atoms with Gasteiger partial charge >= 0.3 is 6.18 Å². The predicted octanol–water partition coefficient (Wildman–Crippen LogP) is 4.09. The second-order valence-electron chi connectivity index (χ2n) is 8.38. The molecular weight excluding hydrogens is 421 g/mol. The molecule has 0 radical (unpaired) electrons. The summed E-state index contributed by atoms with van der Waals surface area (Å²) >= 11 is 0. The third-order valence-electron chi connectivity index (χ3n) is 6.61. The van der Waals surface area contributed by atoms with E-state index in [1.807, 2.05) is 29.8 Å². The molecule has 0 atom stereocenters. The third kappa shape index (κ3) is 3.02. The molecule has 166 valence electrons. The Morgan fingerprint density at radius 1 is 1.16 bits per heavy atom. The van der Waals surface area contributed by atoms with Gasteiger partial charge in [-0.2, -0.15) is 13.2 Å². The third-order valence-corrected chi connectivity index (χ3v) is 6.61. The van der Waals surface area contributed by atoms with Crippen LogP contribution in [0.5, 0.6) is 0 Å². The van der Waals surface area contributed by atoms with Crippen molar-refractivity contribution in [1.82, 2.24) is 14.8 Å². The van der Waals surface area contributed by atoms with Crippen LogP contribution in [0.4, 0.5) is 18.9 Å². The minimum Gasteiger partial charge on any atom is -0.381 e. The van der Waals surface area contributed by atoms with Gasteiger partial charge in [-0.25, -0.2) is 0 Å². The van der Waals surface area contributed by atoms with Crippen molar-refractivity contribution in [3.8, 4) is 0 Å². The average molecular weight is 442 g/mol. The molecule has 32 heavy (non-hydrogen) atoms. The Hall–Kier alpha value is -3.20. The summed E-state index contributed by atoms with van der Waals surface area (Å²) in [5.74, 6) is 0.359. The highest BCUT2D eigenvalue weighted by Crippen LogP contribution is 2.50. The summed E-state index contributed by atoms with van der Waals surface area (Å²) in [6.45, 7) is -0.120. The van der Waals surface area contributed by atoms with Crippen LogP contribution in [-0.4, -0.2) is 33.9 Å². The van der Waals surface area contributed by atoms with Crippen LogP contribution in [0.1, 0.15) is 45.7 Å². The topological polar surface area (TPSA) is 60.2 Å². The van der Waals surface area contributed by atoms with E-state index < -0.39 is 23.1 Å². The maximum Gasteiger partial charge on any atom is 0.416 e. The van der Waals surface area contributed by atoms with E-state index in [0.29, 0.717) is 18.5 Å². The number of hydrogen-bond donors (Lipinski definition) is 0. The SMILES string of the molecule is CO[C@H]1C[C@](c2cccc(N3Cc4c(cccc4C(F)(F)F)C3=O)c2)(c2nncn2C)C1. The zero-order valence-electron chi connectivity index (χ0n) is 17.6. The van der Waals surface area contributed by atoms with E-state index in [-0.39, 0.29) is 23.8 Å². The summed E-state index contributed by atoms with van der Waals surface area (Å²) in [7, 11) is 3.54. The molecule has 0 spiro atoms. The van der Waals surface area contributed by atoms with Gasteiger partial charge in [0.1, 0.15) is 12.2 Å². The molecular formula is C23H21F3N4O2. The summed E-state index contributed by atoms with van der Waals surface area (Å²) in [6, 6.07) is 11.2. The lowest BCUT2D eigenvalue weighted by molar-refractivity contribution is -0.138. The van der Waals surface area contributed by atoms with Crippen molar-refractivity contribution >= 4 is 11.6 Å². The van der Waals surface area contributed by atoms with Gasteiger partial charge in [-0.15, -0.1) is 10.2 Å². The van der Waals surface area contributed by atoms with Crippen molar-refractivity contribution in [3.05, 3.63) is 76.9 Å². The van der Waals surface area contributed by atoms with Crippen LogP contribution in [0.3, 0.4) is 0 Å². The van der Waals surface area contributed by atoms with Crippen molar-refractivity contribution in [1.29, 1.82) is 0 Å². The van der Waals surface area contributed by atoms with E-state index >= 15 is 0 Å². The Morgan fingerprint density at radius 2 is 1.91 bits per heavy atom. The number of benzene rings is 2. The largest absolute Gasteiger partial charge is 0.416 e. The highest BCUT2D eigenvalue weighted by molar-refractivity contribution is 6.10. The number of alkyl halides is 3. The molecule has 1 fully saturated rings. The monoisotopic (exact) mass is 442 g/mol. The van der Waals surface area contributed by atoms with Crippen LogP contribution < -0.4 is 4.90 Å². The first-order valence-corrected chi connectivity index (χ1v) is 10.2. The molecule has 0 unspecified atom stereocenters. The number of fused-ring (bicyclic) bond motifs is 1. The summed E-state index contributed by atoms with van der Waals surface area (Å²) in [4.78, 5) is 14.4. The lowest BCUT2D eigenvalue weighted by Crippen LogP contribution is -2.48. The number of aromatic nitrogens is 3. The normalized spacial score (nSPS) is 22.7. The van der Waals surface area contributed by atoms with Crippen LogP contribution in [-0.2, 0) is 29.9 Å². The minimum absolute atomic E-state index is 0.0153. The molecule has 2 aromatic carbocycles. The van der Waals surface area contributed by atoms with Crippen molar-refractivity contribution in [3.63, 3.8) is 0 Å². The molecule has 9 heteroatoms. The maximum atomic E-state index is 13.5. The molecule has 0 bridgehead atoms. The molecule has 1 aliphatic heterocycles. The van der Waals surface area contributed by atoms with Crippen LogP contribution in [0.15, 0.2) is 48.8 Å². The summed E-state index contributed by atoms with van der Waals surface area (Å²) in [5.41, 5.74) is 0.394. The van der Waals surface area contributed by atoms with Gasteiger partial charge in [0, 0.05) is 25.4 Å². The van der Waals surface area contributed by atoms with Crippen LogP contribution in [0, 0.1) is 0 Å². The molecule has 5 rings (SSSR count). The standard InChI is InChI=1S/C23H21F3N4O2/c1-29-13-27-28-21(29)22(10-16(11-22)32-2)14-5-3-6-15(9-14)30-12-18-17(20(30)31)7-4-8-19(18)23(24,25)26/h3-9,13,16H,10-12H2,1-2H3/t16-,22-. The molecule has 1 amide bonds. The molecule has 1 aliphatic carbocycles. The Bertz CT molecular complexity index is 1200. The van der Waals surface area contributed by atoms with Crippen LogP contribution in [0.25, 0.3) is 0 Å². The summed E-state index contributed by atoms with van der Waals surface area (Å²) < 4.78 is 47.8. The number of ether oxygens (including phenoxy) is 1. The number of halogens is 3. The molecule has 6 nitrogen and oxygen atoms in total. The average Bonchev–Trinajstić information content (AvgIpc) is 3.31. The lowest BCUT2D eigenvalue weighted by Gasteiger charge is -2.46.